The van der Waals surface area contributed by atoms with Crippen LogP contribution in [0.4, 0.5) is 0 Å². The van der Waals surface area contributed by atoms with Gasteiger partial charge >= 0.3 is 0 Å². The van der Waals surface area contributed by atoms with Crippen LogP contribution < -0.4 is 0 Å². The van der Waals surface area contributed by atoms with Crippen LogP contribution >= 0.6 is 11.6 Å². The molecule has 0 N–H and O–H groups in total. The van der Waals surface area contributed by atoms with Gasteiger partial charge in [-0.05, 0) is 19.9 Å². The van der Waals surface area contributed by atoms with Gasteiger partial charge in [-0.3, -0.25) is 14.2 Å². The van der Waals surface area contributed by atoms with E-state index in [-0.39, 0.29) is 5.91 Å². The molecule has 0 aliphatic rings. The lowest BCUT2D eigenvalue weighted by molar-refractivity contribution is 0.0775. The minimum atomic E-state index is -0.189. The summed E-state index contributed by atoms with van der Waals surface area (Å²) in [5.74, 6) is -0.189. The number of hydrogen-bond donors (Lipinski definition) is 0. The standard InChI is InChI=1S/C13H18ClN5O/c1-4-18-9-11(14)12(16-18)13(20)17(3)8-10-6-7-15-19(10)5-2/h6-7,9H,4-5,8H2,1-3H3. The molecule has 7 heteroatoms. The zero-order valence-corrected chi connectivity index (χ0v) is 12.6. The van der Waals surface area contributed by atoms with Gasteiger partial charge in [0, 0.05) is 32.5 Å². The molecule has 2 heterocycles. The molecule has 0 unspecified atom stereocenters. The Kier molecular flexibility index (Phi) is 4.44. The fraction of sp³-hybridized carbons (Fsp3) is 0.462. The maximum Gasteiger partial charge on any atom is 0.276 e. The Labute approximate surface area is 122 Å². The smallest absolute Gasteiger partial charge is 0.276 e. The molecule has 0 radical (unpaired) electrons. The molecular formula is C13H18ClN5O. The number of aryl methyl sites for hydroxylation is 2. The predicted octanol–water partition coefficient (Wildman–Crippen LogP) is 2.04. The first kappa shape index (κ1) is 14.6. The van der Waals surface area contributed by atoms with Crippen LogP contribution in [0.15, 0.2) is 18.5 Å². The number of nitrogens with zero attached hydrogens (tertiary/aromatic N) is 5. The lowest BCUT2D eigenvalue weighted by atomic mass is 10.3. The number of hydrogen-bond acceptors (Lipinski definition) is 3. The number of carbonyl (C=O) groups is 1. The first-order valence-electron chi connectivity index (χ1n) is 6.55. The van der Waals surface area contributed by atoms with Crippen molar-refractivity contribution in [3.63, 3.8) is 0 Å². The summed E-state index contributed by atoms with van der Waals surface area (Å²) in [6.45, 7) is 5.89. The molecule has 0 saturated heterocycles. The van der Waals surface area contributed by atoms with E-state index in [0.717, 1.165) is 12.2 Å². The molecule has 0 aromatic carbocycles. The maximum atomic E-state index is 12.4. The van der Waals surface area contributed by atoms with E-state index in [1.54, 1.807) is 29.0 Å². The molecule has 0 aliphatic heterocycles. The first-order valence-corrected chi connectivity index (χ1v) is 6.93. The molecule has 0 fully saturated rings. The predicted molar refractivity (Wildman–Crippen MR) is 76.6 cm³/mol. The molecule has 2 aromatic rings. The third-order valence-electron chi connectivity index (χ3n) is 3.09. The molecule has 0 aliphatic carbocycles. The molecule has 6 nitrogen and oxygen atoms in total. The van der Waals surface area contributed by atoms with Crippen molar-refractivity contribution in [2.75, 3.05) is 7.05 Å². The van der Waals surface area contributed by atoms with Crippen molar-refractivity contribution in [3.8, 4) is 0 Å². The molecule has 20 heavy (non-hydrogen) atoms. The molecule has 2 aromatic heterocycles. The molecular weight excluding hydrogens is 278 g/mol. The average molecular weight is 296 g/mol. The second-order valence-corrected chi connectivity index (χ2v) is 4.89. The molecule has 0 spiro atoms. The fourth-order valence-corrected chi connectivity index (χ4v) is 2.21. The first-order chi connectivity index (χ1) is 9.56. The van der Waals surface area contributed by atoms with Crippen LogP contribution in [0, 0.1) is 0 Å². The SMILES string of the molecule is CCn1cc(Cl)c(C(=O)N(C)Cc2ccnn2CC)n1. The van der Waals surface area contributed by atoms with Crippen LogP contribution in [-0.2, 0) is 19.6 Å². The monoisotopic (exact) mass is 295 g/mol. The second-order valence-electron chi connectivity index (χ2n) is 4.48. The highest BCUT2D eigenvalue weighted by Gasteiger charge is 2.20. The quantitative estimate of drug-likeness (QED) is 0.848. The van der Waals surface area contributed by atoms with Crippen molar-refractivity contribution in [2.45, 2.75) is 33.5 Å². The van der Waals surface area contributed by atoms with E-state index in [4.69, 9.17) is 11.6 Å². The van der Waals surface area contributed by atoms with Crippen molar-refractivity contribution in [1.29, 1.82) is 0 Å². The van der Waals surface area contributed by atoms with Gasteiger partial charge in [0.25, 0.3) is 5.91 Å². The summed E-state index contributed by atoms with van der Waals surface area (Å²) in [7, 11) is 1.73. The molecule has 108 valence electrons. The number of rotatable bonds is 5. The van der Waals surface area contributed by atoms with Crippen LogP contribution in [0.2, 0.25) is 5.02 Å². The Morgan fingerprint density at radius 2 is 2.15 bits per heavy atom. The summed E-state index contributed by atoms with van der Waals surface area (Å²) in [6.07, 6.45) is 3.40. The van der Waals surface area contributed by atoms with Crippen LogP contribution in [0.3, 0.4) is 0 Å². The number of amides is 1. The van der Waals surface area contributed by atoms with Gasteiger partial charge in [-0.25, -0.2) is 0 Å². The third-order valence-corrected chi connectivity index (χ3v) is 3.37. The van der Waals surface area contributed by atoms with E-state index in [9.17, 15) is 4.79 Å². The lowest BCUT2D eigenvalue weighted by Gasteiger charge is -2.16. The van der Waals surface area contributed by atoms with E-state index >= 15 is 0 Å². The van der Waals surface area contributed by atoms with Gasteiger partial charge in [-0.1, -0.05) is 11.6 Å². The van der Waals surface area contributed by atoms with Crippen molar-refractivity contribution in [3.05, 3.63) is 34.9 Å². The van der Waals surface area contributed by atoms with Gasteiger partial charge in [0.1, 0.15) is 0 Å². The fourth-order valence-electron chi connectivity index (χ4n) is 1.98. The van der Waals surface area contributed by atoms with E-state index in [0.29, 0.717) is 23.8 Å². The zero-order valence-electron chi connectivity index (χ0n) is 11.9. The van der Waals surface area contributed by atoms with Crippen LogP contribution in [0.5, 0.6) is 0 Å². The Balaban J connectivity index is 2.14. The highest BCUT2D eigenvalue weighted by Crippen LogP contribution is 2.16. The molecule has 0 atom stereocenters. The van der Waals surface area contributed by atoms with Crippen molar-refractivity contribution >= 4 is 17.5 Å². The van der Waals surface area contributed by atoms with Gasteiger partial charge in [0.05, 0.1) is 17.3 Å². The number of aromatic nitrogens is 4. The third kappa shape index (κ3) is 2.85. The maximum absolute atomic E-state index is 12.4. The largest absolute Gasteiger partial charge is 0.334 e. The average Bonchev–Trinajstić information content (AvgIpc) is 3.03. The van der Waals surface area contributed by atoms with E-state index < -0.39 is 0 Å². The second kappa shape index (κ2) is 6.09. The van der Waals surface area contributed by atoms with Gasteiger partial charge < -0.3 is 4.90 Å². The molecule has 0 saturated carbocycles. The number of halogens is 1. The Bertz CT molecular complexity index is 604. The summed E-state index contributed by atoms with van der Waals surface area (Å²) in [5.41, 5.74) is 1.27. The van der Waals surface area contributed by atoms with Gasteiger partial charge in [0.2, 0.25) is 0 Å². The van der Waals surface area contributed by atoms with Crippen LogP contribution in [-0.4, -0.2) is 37.4 Å². The summed E-state index contributed by atoms with van der Waals surface area (Å²) in [4.78, 5) is 14.0. The highest BCUT2D eigenvalue weighted by molar-refractivity contribution is 6.33. The van der Waals surface area contributed by atoms with E-state index in [1.807, 2.05) is 24.6 Å². The molecule has 0 bridgehead atoms. The number of carbonyl (C=O) groups excluding carboxylic acids is 1. The van der Waals surface area contributed by atoms with Crippen LogP contribution in [0.25, 0.3) is 0 Å². The highest BCUT2D eigenvalue weighted by atomic mass is 35.5. The Hall–Kier alpha value is -1.82. The minimum Gasteiger partial charge on any atom is -0.334 e. The minimum absolute atomic E-state index is 0.189. The molecule has 1 amide bonds. The lowest BCUT2D eigenvalue weighted by Crippen LogP contribution is -2.28. The van der Waals surface area contributed by atoms with E-state index in [2.05, 4.69) is 10.2 Å². The summed E-state index contributed by atoms with van der Waals surface area (Å²) < 4.78 is 3.51. The Morgan fingerprint density at radius 3 is 2.75 bits per heavy atom. The van der Waals surface area contributed by atoms with Crippen LogP contribution in [0.1, 0.15) is 30.0 Å². The van der Waals surface area contributed by atoms with Gasteiger partial charge in [0.15, 0.2) is 5.69 Å². The van der Waals surface area contributed by atoms with Crippen molar-refractivity contribution in [1.82, 2.24) is 24.5 Å². The molecule has 2 rings (SSSR count). The summed E-state index contributed by atoms with van der Waals surface area (Å²) >= 11 is 6.05. The van der Waals surface area contributed by atoms with E-state index in [1.165, 1.54) is 0 Å². The topological polar surface area (TPSA) is 56.0 Å². The zero-order chi connectivity index (χ0) is 14.7. The Morgan fingerprint density at radius 1 is 1.40 bits per heavy atom. The summed E-state index contributed by atoms with van der Waals surface area (Å²) in [5, 5.41) is 8.76. The summed E-state index contributed by atoms with van der Waals surface area (Å²) in [6, 6.07) is 1.90. The van der Waals surface area contributed by atoms with Gasteiger partial charge in [-0.2, -0.15) is 10.2 Å². The normalized spacial score (nSPS) is 10.8. The van der Waals surface area contributed by atoms with Gasteiger partial charge in [-0.15, -0.1) is 0 Å². The van der Waals surface area contributed by atoms with Crippen molar-refractivity contribution < 1.29 is 4.79 Å². The van der Waals surface area contributed by atoms with Crippen molar-refractivity contribution in [2.24, 2.45) is 0 Å².